The quantitative estimate of drug-likeness (QED) is 0.0340. The molecule has 0 aliphatic heterocycles. The topological polar surface area (TPSA) is 286 Å². The van der Waals surface area contributed by atoms with E-state index < -0.39 is 52.4 Å². The number of phenolic OH excluding ortho intramolecular Hbond substituents is 2. The predicted octanol–water partition coefficient (Wildman–Crippen LogP) is 20.7. The smallest absolute Gasteiger partial charge is 0.508 e. The van der Waals surface area contributed by atoms with Gasteiger partial charge in [-0.15, -0.1) is 0 Å². The summed E-state index contributed by atoms with van der Waals surface area (Å²) in [6.07, 6.45) is 5.50. The maximum Gasteiger partial charge on any atom is 0.534 e. The second kappa shape index (κ2) is 40.0. The number of aromatic nitrogens is 11. The summed E-state index contributed by atoms with van der Waals surface area (Å²) in [6.45, 7) is 23.3. The molecule has 0 unspecified atom stereocenters. The second-order valence-electron chi connectivity index (χ2n) is 29.9. The molecule has 0 aliphatic carbocycles. The Balaban J connectivity index is 0.000000147. The first kappa shape index (κ1) is 90.8. The van der Waals surface area contributed by atoms with E-state index >= 15 is 0 Å². The third kappa shape index (κ3) is 26.2. The number of alkyl halides is 3. The Hall–Kier alpha value is -13.5. The van der Waals surface area contributed by atoms with Gasteiger partial charge in [-0.25, -0.2) is 44.9 Å². The van der Waals surface area contributed by atoms with Gasteiger partial charge in [-0.3, -0.25) is 9.78 Å². The van der Waals surface area contributed by atoms with Crippen molar-refractivity contribution in [2.24, 2.45) is 0 Å². The normalized spacial score (nSPS) is 11.2. The Labute approximate surface area is 703 Å². The van der Waals surface area contributed by atoms with Crippen molar-refractivity contribution in [1.29, 1.82) is 0 Å². The number of H-pyrrole nitrogens is 1. The van der Waals surface area contributed by atoms with Crippen LogP contribution in [0.1, 0.15) is 80.7 Å². The zero-order chi connectivity index (χ0) is 88.4. The fraction of sp³-hybridized carbons (Fsp3) is 0.151. The molecule has 0 amide bonds. The molecule has 5 N–H and O–H groups in total. The van der Waals surface area contributed by atoms with Crippen LogP contribution in [-0.2, 0) is 20.9 Å². The molecule has 19 nitrogen and oxygen atoms in total. The van der Waals surface area contributed by atoms with Crippen LogP contribution in [0, 0.1) is 58.4 Å². The van der Waals surface area contributed by atoms with Crippen LogP contribution in [0.4, 0.5) is 30.7 Å². The number of phenols is 2. The number of halogens is 8. The van der Waals surface area contributed by atoms with Gasteiger partial charge >= 0.3 is 22.7 Å². The Morgan fingerprint density at radius 1 is 0.377 bits per heavy atom. The van der Waals surface area contributed by atoms with E-state index in [0.717, 1.165) is 101 Å². The van der Waals surface area contributed by atoms with Crippen LogP contribution in [0.25, 0.3) is 99.2 Å². The summed E-state index contributed by atoms with van der Waals surface area (Å²) in [4.78, 5) is 53.9. The Morgan fingerprint density at radius 3 is 1.11 bits per heavy atom. The van der Waals surface area contributed by atoms with Crippen LogP contribution in [0.5, 0.6) is 17.4 Å². The molecular formula is C93H82BClF7N11O8S. The van der Waals surface area contributed by atoms with E-state index in [1.54, 1.807) is 85.8 Å². The molecule has 0 aliphatic rings. The highest BCUT2D eigenvalue weighted by molar-refractivity contribution is 7.88. The number of aromatic amines is 1. The maximum absolute atomic E-state index is 12.8. The fourth-order valence-corrected chi connectivity index (χ4v) is 11.9. The standard InChI is InChI=1S/2C15H11FN2.C14H9FN2O.C14H23N.C11H8F3NO3S.C10H9NO.C9H6ClNO.C5H5BFNO2/c2*1-10-2-3-11-4-6-13(18-14(11)8-10)12-5-7-15(16)17-9-12;15-14-6-3-10(8-16-14)12-5-2-9-1-4-11(18)7-13(9)17-12;1-10-8-11(13(2,3)4)15-12(9-10)14(5,6)7;1-7-2-3-8-4-5-10(15-9(8)6-7)18-19(16,17)11(12,13)14;1-7-2-3-8-4-5-10(12)11-9(8)6-7;10-9-4-2-6-1-3-7(12)5-8(6)11-9;7-5-2-1-4(3-8-5)6(9)10/h2*2-9H,1H3;1-8,18H;8-9H,1-7H3;2-6H,1H3;2-6H,1H3,(H,11,12);1-5,12H;1-3,9-10H. The van der Waals surface area contributed by atoms with Crippen molar-refractivity contribution in [3.8, 4) is 51.2 Å². The largest absolute Gasteiger partial charge is 0.534 e. The molecule has 11 heterocycles. The van der Waals surface area contributed by atoms with Crippen molar-refractivity contribution in [2.45, 2.75) is 92.5 Å². The van der Waals surface area contributed by atoms with Gasteiger partial charge in [0.1, 0.15) is 16.7 Å². The molecule has 17 rings (SSSR count). The van der Waals surface area contributed by atoms with E-state index in [1.165, 1.54) is 83.1 Å². The van der Waals surface area contributed by atoms with Gasteiger partial charge < -0.3 is 29.4 Å². The molecule has 6 aromatic carbocycles. The number of nitrogens with one attached hydrogen (secondary N) is 1. The molecule has 0 spiro atoms. The Kier molecular flexibility index (Phi) is 29.8. The maximum atomic E-state index is 12.8. The lowest BCUT2D eigenvalue weighted by Gasteiger charge is -2.24. The van der Waals surface area contributed by atoms with Crippen LogP contribution in [-0.4, -0.2) is 96.1 Å². The number of nitrogens with zero attached hydrogens (tertiary/aromatic N) is 10. The third-order valence-corrected chi connectivity index (χ3v) is 19.0. The van der Waals surface area contributed by atoms with Crippen molar-refractivity contribution in [3.63, 3.8) is 0 Å². The van der Waals surface area contributed by atoms with Gasteiger partial charge in [0.15, 0.2) is 0 Å². The van der Waals surface area contributed by atoms with Gasteiger partial charge in [-0.05, 0) is 213 Å². The first-order valence-electron chi connectivity index (χ1n) is 37.6. The molecule has 0 atom stereocenters. The summed E-state index contributed by atoms with van der Waals surface area (Å²) >= 11 is 5.68. The zero-order valence-corrected chi connectivity index (χ0v) is 69.4. The summed E-state index contributed by atoms with van der Waals surface area (Å²) in [5, 5.41) is 41.9. The molecule has 622 valence electrons. The first-order valence-corrected chi connectivity index (χ1v) is 39.4. The van der Waals surface area contributed by atoms with Crippen molar-refractivity contribution in [3.05, 3.63) is 346 Å². The highest BCUT2D eigenvalue weighted by Gasteiger charge is 2.49. The molecular weight excluding hydrogens is 1610 g/mol. The number of benzene rings is 6. The van der Waals surface area contributed by atoms with Crippen LogP contribution in [0.15, 0.2) is 272 Å². The predicted molar refractivity (Wildman–Crippen MR) is 466 cm³/mol. The average molecular weight is 1690 g/mol. The molecule has 0 saturated heterocycles. The lowest BCUT2D eigenvalue weighted by Crippen LogP contribution is -2.30. The van der Waals surface area contributed by atoms with E-state index in [4.69, 9.17) is 31.7 Å². The second-order valence-corrected chi connectivity index (χ2v) is 31.8. The van der Waals surface area contributed by atoms with E-state index in [-0.39, 0.29) is 33.4 Å². The summed E-state index contributed by atoms with van der Waals surface area (Å²) in [5.41, 5.74) is 12.2. The van der Waals surface area contributed by atoms with Crippen LogP contribution < -0.4 is 15.2 Å². The molecule has 17 aromatic rings. The van der Waals surface area contributed by atoms with E-state index in [0.29, 0.717) is 32.8 Å². The molecule has 0 bridgehead atoms. The highest BCUT2D eigenvalue weighted by Crippen LogP contribution is 2.31. The number of fused-ring (bicyclic) bond motifs is 6. The monoisotopic (exact) mass is 1690 g/mol. The Bertz CT molecular complexity index is 6330. The summed E-state index contributed by atoms with van der Waals surface area (Å²) < 4.78 is 112. The van der Waals surface area contributed by atoms with Crippen LogP contribution in [0.3, 0.4) is 0 Å². The van der Waals surface area contributed by atoms with Gasteiger partial charge in [-0.2, -0.15) is 39.2 Å². The van der Waals surface area contributed by atoms with Gasteiger partial charge in [0.25, 0.3) is 0 Å². The van der Waals surface area contributed by atoms with E-state index in [1.807, 2.05) is 112 Å². The molecule has 29 heteroatoms. The molecule has 0 radical (unpaired) electrons. The van der Waals surface area contributed by atoms with Crippen molar-refractivity contribution < 1.29 is 63.6 Å². The lowest BCUT2D eigenvalue weighted by molar-refractivity contribution is -0.0501. The van der Waals surface area contributed by atoms with Crippen molar-refractivity contribution in [2.75, 3.05) is 0 Å². The summed E-state index contributed by atoms with van der Waals surface area (Å²) in [7, 11) is -7.27. The molecule has 11 aromatic heterocycles. The van der Waals surface area contributed by atoms with Crippen LogP contribution in [0.2, 0.25) is 5.15 Å². The number of aryl methyl sites for hydroxylation is 5. The number of hydrogen-bond donors (Lipinski definition) is 5. The average Bonchev–Trinajstić information content (AvgIpc) is 0.835. The third-order valence-electron chi connectivity index (χ3n) is 17.8. The van der Waals surface area contributed by atoms with Crippen molar-refractivity contribution >= 4 is 99.7 Å². The first-order chi connectivity index (χ1) is 57.7. The SMILES string of the molecule is Cc1cc(C(C)(C)C)nc(C(C)(C)C)c1.Cc1ccc2ccc(-c3ccc(F)nc3)nc2c1.Cc1ccc2ccc(-c3ccc(F)nc3)nc2c1.Cc1ccc2ccc(=O)[nH]c2c1.Cc1ccc2ccc(OS(=O)(=O)C(F)(F)F)nc2c1.OB(O)c1ccc(F)nc1.Oc1ccc2ccc(-c3ccc(F)nc3)nc2c1.Oc1ccc2ccc(Cl)nc2c1. The summed E-state index contributed by atoms with van der Waals surface area (Å²) in [6, 6.07) is 70.2. The number of pyridine rings is 11. The molecule has 0 saturated carbocycles. The lowest BCUT2D eigenvalue weighted by atomic mass is 9.82. The van der Waals surface area contributed by atoms with Gasteiger partial charge in [0.2, 0.25) is 35.2 Å². The molecule has 122 heavy (non-hydrogen) atoms. The van der Waals surface area contributed by atoms with Gasteiger partial charge in [-0.1, -0.05) is 126 Å². The number of rotatable bonds is 6. The fourth-order valence-electron chi connectivity index (χ4n) is 11.4. The van der Waals surface area contributed by atoms with Crippen molar-refractivity contribution in [1.82, 2.24) is 54.8 Å². The minimum Gasteiger partial charge on any atom is -0.508 e. The van der Waals surface area contributed by atoms with E-state index in [2.05, 4.69) is 127 Å². The highest BCUT2D eigenvalue weighted by atomic mass is 35.5. The van der Waals surface area contributed by atoms with Gasteiger partial charge in [0, 0.05) is 126 Å². The number of hydrogen-bond acceptors (Lipinski definition) is 18. The van der Waals surface area contributed by atoms with Gasteiger partial charge in [0.05, 0.1) is 44.7 Å². The number of aromatic hydroxyl groups is 2. The van der Waals surface area contributed by atoms with E-state index in [9.17, 15) is 49.1 Å². The summed E-state index contributed by atoms with van der Waals surface area (Å²) in [5.74, 6) is -2.34. The minimum atomic E-state index is -5.69. The molecule has 0 fully saturated rings. The Morgan fingerprint density at radius 2 is 0.721 bits per heavy atom. The van der Waals surface area contributed by atoms with Crippen LogP contribution >= 0.6 is 11.6 Å². The minimum absolute atomic E-state index is 0.0481. The zero-order valence-electron chi connectivity index (χ0n) is 67.8.